The minimum Gasteiger partial charge on any atom is -0.503 e. The first-order valence-electron chi connectivity index (χ1n) is 4.86. The lowest BCUT2D eigenvalue weighted by Crippen LogP contribution is -2.39. The van der Waals surface area contributed by atoms with Crippen LogP contribution in [0.5, 0.6) is 11.5 Å². The van der Waals surface area contributed by atoms with Crippen molar-refractivity contribution in [3.63, 3.8) is 0 Å². The summed E-state index contributed by atoms with van der Waals surface area (Å²) in [6.07, 6.45) is -7.58. The Labute approximate surface area is 123 Å². The molecule has 19 heavy (non-hydrogen) atoms. The molecule has 0 spiro atoms. The van der Waals surface area contributed by atoms with Gasteiger partial charge in [0.1, 0.15) is 0 Å². The average Bonchev–Trinajstić information content (AvgIpc) is 2.33. The van der Waals surface area contributed by atoms with Crippen molar-refractivity contribution in [2.75, 3.05) is 7.11 Å². The topological polar surface area (TPSA) is 75.7 Å². The normalized spacial score (nSPS) is 15.2. The lowest BCUT2D eigenvalue weighted by molar-refractivity contribution is -0.210. The number of aromatic hydroxyl groups is 1. The van der Waals surface area contributed by atoms with Crippen molar-refractivity contribution in [2.24, 2.45) is 5.73 Å². The predicted octanol–water partition coefficient (Wildman–Crippen LogP) is 2.85. The van der Waals surface area contributed by atoms with E-state index in [0.717, 1.165) is 6.07 Å². The van der Waals surface area contributed by atoms with Crippen LogP contribution in [0.4, 0.5) is 13.2 Å². The fraction of sp³-hybridized carbons (Fsp3) is 0.400. The summed E-state index contributed by atoms with van der Waals surface area (Å²) in [5, 5.41) is 18.8. The standard InChI is InChI=1S/C10H10Br2F3NO3/c1-19-4-2-3(5(11)6(12)8(4)17)7(16)9(18)10(13,14)15/h2,7,9,17-18H,16H2,1H3/t7-,9-/m1/s1. The van der Waals surface area contributed by atoms with Crippen LogP contribution >= 0.6 is 31.9 Å². The summed E-state index contributed by atoms with van der Waals surface area (Å²) in [7, 11) is 1.24. The van der Waals surface area contributed by atoms with E-state index in [4.69, 9.17) is 15.6 Å². The molecule has 9 heteroatoms. The summed E-state index contributed by atoms with van der Waals surface area (Å²) < 4.78 is 42.3. The Morgan fingerprint density at radius 2 is 1.84 bits per heavy atom. The number of phenols is 1. The second-order valence-electron chi connectivity index (χ2n) is 3.66. The largest absolute Gasteiger partial charge is 0.503 e. The van der Waals surface area contributed by atoms with Crippen molar-refractivity contribution in [1.82, 2.24) is 0 Å². The van der Waals surface area contributed by atoms with E-state index in [1.807, 2.05) is 0 Å². The van der Waals surface area contributed by atoms with E-state index < -0.39 is 18.3 Å². The molecule has 0 aliphatic rings. The van der Waals surface area contributed by atoms with Crippen molar-refractivity contribution in [3.8, 4) is 11.5 Å². The van der Waals surface area contributed by atoms with Gasteiger partial charge < -0.3 is 20.7 Å². The van der Waals surface area contributed by atoms with Gasteiger partial charge in [-0.05, 0) is 43.5 Å². The lowest BCUT2D eigenvalue weighted by Gasteiger charge is -2.23. The first-order chi connectivity index (χ1) is 8.61. The maximum atomic E-state index is 12.4. The van der Waals surface area contributed by atoms with Crippen molar-refractivity contribution in [2.45, 2.75) is 18.3 Å². The van der Waals surface area contributed by atoms with Crippen molar-refractivity contribution in [3.05, 3.63) is 20.6 Å². The highest BCUT2D eigenvalue weighted by atomic mass is 79.9. The smallest absolute Gasteiger partial charge is 0.416 e. The van der Waals surface area contributed by atoms with Gasteiger partial charge in [0.05, 0.1) is 17.6 Å². The van der Waals surface area contributed by atoms with Crippen molar-refractivity contribution < 1.29 is 28.1 Å². The van der Waals surface area contributed by atoms with E-state index in [1.54, 1.807) is 0 Å². The van der Waals surface area contributed by atoms with Gasteiger partial charge in [-0.3, -0.25) is 0 Å². The summed E-state index contributed by atoms with van der Waals surface area (Å²) in [5.41, 5.74) is 5.36. The molecule has 0 unspecified atom stereocenters. The molecule has 2 atom stereocenters. The van der Waals surface area contributed by atoms with Gasteiger partial charge in [0.2, 0.25) is 0 Å². The van der Waals surface area contributed by atoms with E-state index in [1.165, 1.54) is 7.11 Å². The number of benzene rings is 1. The van der Waals surface area contributed by atoms with Gasteiger partial charge in [0.15, 0.2) is 17.6 Å². The molecule has 4 nitrogen and oxygen atoms in total. The molecule has 0 heterocycles. The zero-order chi connectivity index (χ0) is 15.0. The first-order valence-corrected chi connectivity index (χ1v) is 6.45. The first kappa shape index (κ1) is 16.5. The van der Waals surface area contributed by atoms with E-state index in [0.29, 0.717) is 0 Å². The molecule has 0 radical (unpaired) electrons. The number of halogens is 5. The number of methoxy groups -OCH3 is 1. The molecular formula is C10H10Br2F3NO3. The van der Waals surface area contributed by atoms with Crippen LogP contribution in [0.1, 0.15) is 11.6 Å². The quantitative estimate of drug-likeness (QED) is 0.718. The number of hydrogen-bond donors (Lipinski definition) is 3. The number of alkyl halides is 3. The Morgan fingerprint density at radius 3 is 2.26 bits per heavy atom. The predicted molar refractivity (Wildman–Crippen MR) is 69.0 cm³/mol. The Balaban J connectivity index is 3.31. The highest BCUT2D eigenvalue weighted by Crippen LogP contribution is 2.44. The molecule has 1 rings (SSSR count). The molecule has 0 saturated heterocycles. The lowest BCUT2D eigenvalue weighted by atomic mass is 10.0. The molecule has 0 saturated carbocycles. The average molecular weight is 409 g/mol. The zero-order valence-electron chi connectivity index (χ0n) is 9.50. The van der Waals surface area contributed by atoms with Crippen LogP contribution in [0.25, 0.3) is 0 Å². The van der Waals surface area contributed by atoms with Gasteiger partial charge in [-0.25, -0.2) is 0 Å². The van der Waals surface area contributed by atoms with Gasteiger partial charge >= 0.3 is 6.18 Å². The van der Waals surface area contributed by atoms with E-state index in [9.17, 15) is 18.3 Å². The van der Waals surface area contributed by atoms with Crippen molar-refractivity contribution >= 4 is 31.9 Å². The van der Waals surface area contributed by atoms with Gasteiger partial charge in [-0.2, -0.15) is 13.2 Å². The summed E-state index contributed by atoms with van der Waals surface area (Å²) in [6, 6.07) is -0.593. The van der Waals surface area contributed by atoms with Gasteiger partial charge in [-0.1, -0.05) is 0 Å². The third-order valence-corrected chi connectivity index (χ3v) is 4.59. The second-order valence-corrected chi connectivity index (χ2v) is 5.24. The number of aliphatic hydroxyl groups excluding tert-OH is 1. The maximum absolute atomic E-state index is 12.4. The summed E-state index contributed by atoms with van der Waals surface area (Å²) in [6.45, 7) is 0. The molecule has 0 bridgehead atoms. The number of rotatable bonds is 3. The van der Waals surface area contributed by atoms with E-state index >= 15 is 0 Å². The molecule has 0 aliphatic carbocycles. The van der Waals surface area contributed by atoms with Gasteiger partial charge in [-0.15, -0.1) is 0 Å². The Bertz CT molecular complexity index is 482. The van der Waals surface area contributed by atoms with Crippen LogP contribution in [0, 0.1) is 0 Å². The van der Waals surface area contributed by atoms with E-state index in [-0.39, 0.29) is 26.0 Å². The second kappa shape index (κ2) is 5.86. The van der Waals surface area contributed by atoms with Gasteiger partial charge in [0, 0.05) is 4.47 Å². The Kier molecular flexibility index (Phi) is 5.10. The number of ether oxygens (including phenoxy) is 1. The maximum Gasteiger partial charge on any atom is 0.416 e. The number of hydrogen-bond acceptors (Lipinski definition) is 4. The molecule has 0 amide bonds. The van der Waals surface area contributed by atoms with Crippen molar-refractivity contribution in [1.29, 1.82) is 0 Å². The number of nitrogens with two attached hydrogens (primary N) is 1. The summed E-state index contributed by atoms with van der Waals surface area (Å²) in [4.78, 5) is 0. The van der Waals surface area contributed by atoms with Crippen LogP contribution in [-0.2, 0) is 0 Å². The molecule has 108 valence electrons. The fourth-order valence-corrected chi connectivity index (χ4v) is 2.37. The Morgan fingerprint density at radius 1 is 1.32 bits per heavy atom. The number of aliphatic hydroxyl groups is 1. The van der Waals surface area contributed by atoms with Crippen LogP contribution in [0.15, 0.2) is 15.0 Å². The summed E-state index contributed by atoms with van der Waals surface area (Å²) >= 11 is 6.00. The van der Waals surface area contributed by atoms with Gasteiger partial charge in [0.25, 0.3) is 0 Å². The molecule has 0 aromatic heterocycles. The third-order valence-electron chi connectivity index (χ3n) is 2.43. The molecule has 0 fully saturated rings. The minimum atomic E-state index is -4.85. The Hall–Kier alpha value is -0.510. The highest BCUT2D eigenvalue weighted by Gasteiger charge is 2.43. The van der Waals surface area contributed by atoms with Crippen LogP contribution in [0.2, 0.25) is 0 Å². The van der Waals surface area contributed by atoms with E-state index in [2.05, 4.69) is 31.9 Å². The molecule has 4 N–H and O–H groups in total. The number of phenolic OH excluding ortho intramolecular Hbond substituents is 1. The monoisotopic (exact) mass is 407 g/mol. The zero-order valence-corrected chi connectivity index (χ0v) is 12.7. The highest BCUT2D eigenvalue weighted by molar-refractivity contribution is 9.13. The molecule has 0 aliphatic heterocycles. The molecule has 1 aromatic carbocycles. The SMILES string of the molecule is COc1cc([C@@H](N)[C@@H](O)C(F)(F)F)c(Br)c(Br)c1O. The van der Waals surface area contributed by atoms with Crippen LogP contribution < -0.4 is 10.5 Å². The summed E-state index contributed by atoms with van der Waals surface area (Å²) in [5.74, 6) is -0.346. The third kappa shape index (κ3) is 3.33. The molecule has 1 aromatic rings. The van der Waals surface area contributed by atoms with Crippen LogP contribution in [0.3, 0.4) is 0 Å². The van der Waals surface area contributed by atoms with Crippen LogP contribution in [-0.4, -0.2) is 29.6 Å². The molecular weight excluding hydrogens is 399 g/mol. The fourth-order valence-electron chi connectivity index (χ4n) is 1.38. The minimum absolute atomic E-state index is 0.0497.